The van der Waals surface area contributed by atoms with Crippen LogP contribution in [-0.4, -0.2) is 15.2 Å². The Morgan fingerprint density at radius 3 is 2.79 bits per heavy atom. The molecule has 0 aliphatic carbocycles. The van der Waals surface area contributed by atoms with Crippen molar-refractivity contribution in [3.8, 4) is 11.6 Å². The van der Waals surface area contributed by atoms with Crippen LogP contribution in [0.3, 0.4) is 0 Å². The Balaban J connectivity index is 2.42. The number of pyridine rings is 1. The lowest BCUT2D eigenvalue weighted by Crippen LogP contribution is -1.94. The lowest BCUT2D eigenvalue weighted by Gasteiger charge is -2.03. The van der Waals surface area contributed by atoms with Crippen LogP contribution in [0, 0.1) is 0 Å². The molecule has 2 aromatic rings. The van der Waals surface area contributed by atoms with Crippen molar-refractivity contribution >= 4 is 10.9 Å². The number of benzene rings is 1. The van der Waals surface area contributed by atoms with Gasteiger partial charge in [-0.15, -0.1) is 0 Å². The fourth-order valence-corrected chi connectivity index (χ4v) is 1.60. The molecule has 2 heterocycles. The van der Waals surface area contributed by atoms with E-state index in [0.29, 0.717) is 22.7 Å². The molecule has 0 saturated heterocycles. The number of rotatable bonds is 1. The number of aliphatic hydroxyl groups is 2. The summed E-state index contributed by atoms with van der Waals surface area (Å²) >= 11 is 0. The maximum atomic E-state index is 9.18. The summed E-state index contributed by atoms with van der Waals surface area (Å²) in [5, 5.41) is 19.1. The molecule has 4 nitrogen and oxygen atoms in total. The normalized spacial score (nSPS) is 12.8. The summed E-state index contributed by atoms with van der Waals surface area (Å²) in [7, 11) is 0. The maximum Gasteiger partial charge on any atom is 0.264 e. The first-order chi connectivity index (χ1) is 6.77. The molecule has 0 spiro atoms. The van der Waals surface area contributed by atoms with E-state index in [2.05, 4.69) is 4.98 Å². The number of hydrogen-bond acceptors (Lipinski definition) is 4. The minimum absolute atomic E-state index is 0.408. The molecule has 1 aliphatic heterocycles. The highest BCUT2D eigenvalue weighted by molar-refractivity contribution is 5.88. The Labute approximate surface area is 79.4 Å². The Morgan fingerprint density at radius 2 is 2.00 bits per heavy atom. The highest BCUT2D eigenvalue weighted by Gasteiger charge is 2.31. The summed E-state index contributed by atoms with van der Waals surface area (Å²) in [6.45, 7) is 0. The van der Waals surface area contributed by atoms with Crippen molar-refractivity contribution in [2.75, 3.05) is 0 Å². The summed E-state index contributed by atoms with van der Waals surface area (Å²) < 4.78 is 5.04. The van der Waals surface area contributed by atoms with Gasteiger partial charge in [0.15, 0.2) is 6.29 Å². The van der Waals surface area contributed by atoms with Crippen molar-refractivity contribution in [3.63, 3.8) is 0 Å². The lowest BCUT2D eigenvalue weighted by atomic mass is 10.1. The van der Waals surface area contributed by atoms with E-state index in [1.54, 1.807) is 6.07 Å². The molecule has 2 N–H and O–H groups in total. The average Bonchev–Trinajstić information content (AvgIpc) is 2.91. The van der Waals surface area contributed by atoms with Crippen LogP contribution in [0.25, 0.3) is 10.9 Å². The van der Waals surface area contributed by atoms with Crippen LogP contribution in [0.4, 0.5) is 0 Å². The Hall–Kier alpha value is -1.65. The van der Waals surface area contributed by atoms with E-state index < -0.39 is 6.29 Å². The number of hydrogen-bond donors (Lipinski definition) is 2. The number of ether oxygens (including phenoxy) is 1. The van der Waals surface area contributed by atoms with Crippen molar-refractivity contribution in [1.29, 1.82) is 0 Å². The minimum Gasteiger partial charge on any atom is -0.430 e. The van der Waals surface area contributed by atoms with Crippen LogP contribution in [0.15, 0.2) is 24.3 Å². The van der Waals surface area contributed by atoms with Crippen molar-refractivity contribution in [2.45, 2.75) is 6.29 Å². The SMILES string of the molecule is OC(O)c1c2c(nc3ccccc13)O2. The quantitative estimate of drug-likeness (QED) is 0.447. The first-order valence-electron chi connectivity index (χ1n) is 4.24. The van der Waals surface area contributed by atoms with Crippen LogP contribution in [0.1, 0.15) is 11.9 Å². The molecule has 1 aromatic heterocycles. The van der Waals surface area contributed by atoms with E-state index in [1.165, 1.54) is 0 Å². The maximum absolute atomic E-state index is 9.18. The second-order valence-corrected chi connectivity index (χ2v) is 3.15. The minimum atomic E-state index is -1.51. The summed E-state index contributed by atoms with van der Waals surface area (Å²) in [4.78, 5) is 4.17. The lowest BCUT2D eigenvalue weighted by molar-refractivity contribution is -0.0414. The monoisotopic (exact) mass is 189 g/mol. The van der Waals surface area contributed by atoms with E-state index >= 15 is 0 Å². The number of fused-ring (bicyclic) bond motifs is 2. The Morgan fingerprint density at radius 1 is 1.21 bits per heavy atom. The summed E-state index contributed by atoms with van der Waals surface area (Å²) in [6.07, 6.45) is -1.51. The van der Waals surface area contributed by atoms with E-state index in [0.717, 1.165) is 5.39 Å². The molecular weight excluding hydrogens is 182 g/mol. The largest absolute Gasteiger partial charge is 0.430 e. The number of aliphatic hydroxyl groups excluding tert-OH is 1. The number of para-hydroxylation sites is 1. The van der Waals surface area contributed by atoms with Crippen molar-refractivity contribution in [1.82, 2.24) is 4.98 Å². The van der Waals surface area contributed by atoms with Gasteiger partial charge in [-0.25, -0.2) is 4.98 Å². The standard InChI is InChI=1S/C10H7NO3/c12-10(13)7-5-3-1-2-4-6(5)11-9-8(7)14-9/h1-4,10,12-13H. The van der Waals surface area contributed by atoms with Gasteiger partial charge in [-0.2, -0.15) is 0 Å². The summed E-state index contributed by atoms with van der Waals surface area (Å²) in [5.41, 5.74) is 1.12. The predicted octanol–water partition coefficient (Wildman–Crippen LogP) is 1.32. The van der Waals surface area contributed by atoms with Gasteiger partial charge in [0.25, 0.3) is 5.88 Å². The van der Waals surface area contributed by atoms with E-state index in [4.69, 9.17) is 4.74 Å². The zero-order chi connectivity index (χ0) is 9.71. The Bertz CT molecular complexity index is 522. The molecule has 0 amide bonds. The zero-order valence-corrected chi connectivity index (χ0v) is 7.14. The van der Waals surface area contributed by atoms with Gasteiger partial charge in [-0.3, -0.25) is 0 Å². The molecule has 14 heavy (non-hydrogen) atoms. The highest BCUT2D eigenvalue weighted by Crippen LogP contribution is 2.50. The fourth-order valence-electron chi connectivity index (χ4n) is 1.60. The predicted molar refractivity (Wildman–Crippen MR) is 49.0 cm³/mol. The van der Waals surface area contributed by atoms with Crippen molar-refractivity contribution in [3.05, 3.63) is 29.8 Å². The number of aromatic nitrogens is 1. The van der Waals surface area contributed by atoms with Crippen molar-refractivity contribution in [2.24, 2.45) is 0 Å². The molecule has 0 saturated carbocycles. The first-order valence-corrected chi connectivity index (χ1v) is 4.24. The van der Waals surface area contributed by atoms with E-state index in [9.17, 15) is 10.2 Å². The molecule has 0 atom stereocenters. The third-order valence-electron chi connectivity index (χ3n) is 2.27. The highest BCUT2D eigenvalue weighted by atomic mass is 16.6. The van der Waals surface area contributed by atoms with Gasteiger partial charge in [-0.1, -0.05) is 18.2 Å². The van der Waals surface area contributed by atoms with E-state index in [-0.39, 0.29) is 0 Å². The zero-order valence-electron chi connectivity index (χ0n) is 7.14. The summed E-state index contributed by atoms with van der Waals surface area (Å²) in [5.74, 6) is 0.991. The van der Waals surface area contributed by atoms with Gasteiger partial charge >= 0.3 is 0 Å². The topological polar surface area (TPSA) is 65.9 Å². The molecule has 4 heteroatoms. The molecule has 0 fully saturated rings. The van der Waals surface area contributed by atoms with Gasteiger partial charge in [0.05, 0.1) is 11.1 Å². The van der Waals surface area contributed by atoms with Crippen LogP contribution < -0.4 is 4.74 Å². The van der Waals surface area contributed by atoms with Gasteiger partial charge in [0.1, 0.15) is 0 Å². The van der Waals surface area contributed by atoms with Crippen LogP contribution in [0.5, 0.6) is 11.6 Å². The summed E-state index contributed by atoms with van der Waals surface area (Å²) in [6, 6.07) is 7.27. The smallest absolute Gasteiger partial charge is 0.264 e. The van der Waals surface area contributed by atoms with Gasteiger partial charge in [0.2, 0.25) is 5.75 Å². The fraction of sp³-hybridized carbons (Fsp3) is 0.100. The van der Waals surface area contributed by atoms with Crippen LogP contribution in [-0.2, 0) is 0 Å². The van der Waals surface area contributed by atoms with Gasteiger partial charge in [0, 0.05) is 5.39 Å². The molecule has 0 radical (unpaired) electrons. The molecule has 1 aliphatic rings. The van der Waals surface area contributed by atoms with Crippen LogP contribution in [0.2, 0.25) is 0 Å². The Kier molecular flexibility index (Phi) is 1.34. The first kappa shape index (κ1) is 7.73. The third-order valence-corrected chi connectivity index (χ3v) is 2.27. The molecule has 70 valence electrons. The van der Waals surface area contributed by atoms with Gasteiger partial charge < -0.3 is 14.9 Å². The number of nitrogens with zero attached hydrogens (tertiary/aromatic N) is 1. The second kappa shape index (κ2) is 2.43. The molecular formula is C10H7NO3. The molecule has 0 unspecified atom stereocenters. The third kappa shape index (κ3) is 0.921. The van der Waals surface area contributed by atoms with Gasteiger partial charge in [-0.05, 0) is 6.07 Å². The average molecular weight is 189 g/mol. The molecule has 0 bridgehead atoms. The molecule has 1 aromatic carbocycles. The van der Waals surface area contributed by atoms with Crippen molar-refractivity contribution < 1.29 is 14.9 Å². The van der Waals surface area contributed by atoms with E-state index in [1.807, 2.05) is 18.2 Å². The molecule has 3 rings (SSSR count). The second-order valence-electron chi connectivity index (χ2n) is 3.15. The van der Waals surface area contributed by atoms with Crippen LogP contribution >= 0.6 is 0 Å².